The Balaban J connectivity index is 0.00000200. The summed E-state index contributed by atoms with van der Waals surface area (Å²) in [7, 11) is 0. The van der Waals surface area contributed by atoms with Gasteiger partial charge in [0.25, 0.3) is 0 Å². The first-order chi connectivity index (χ1) is 9.29. The van der Waals surface area contributed by atoms with Crippen LogP contribution >= 0.6 is 0 Å². The molecule has 0 N–H and O–H groups in total. The lowest BCUT2D eigenvalue weighted by Crippen LogP contribution is -2.31. The third-order valence-electron chi connectivity index (χ3n) is 3.38. The van der Waals surface area contributed by atoms with Gasteiger partial charge in [-0.05, 0) is 44.5 Å². The molecule has 2 rings (SSSR count). The smallest absolute Gasteiger partial charge is 0.222 e. The molecule has 1 fully saturated rings. The van der Waals surface area contributed by atoms with Crippen LogP contribution in [0.3, 0.4) is 0 Å². The van der Waals surface area contributed by atoms with Gasteiger partial charge in [-0.3, -0.25) is 0 Å². The summed E-state index contributed by atoms with van der Waals surface area (Å²) in [6.07, 6.45) is 4.89. The second-order valence-corrected chi connectivity index (χ2v) is 4.83. The molecule has 0 saturated carbocycles. The number of ether oxygens (including phenoxy) is 1. The molecular formula is C16H23FN2O. The fraction of sp³-hybridized carbons (Fsp3) is 0.562. The molecule has 1 aliphatic heterocycles. The van der Waals surface area contributed by atoms with E-state index in [4.69, 9.17) is 11.3 Å². The van der Waals surface area contributed by atoms with Gasteiger partial charge in [-0.15, -0.1) is 0 Å². The number of hydrogen-bond acceptors (Lipinski definition) is 2. The van der Waals surface area contributed by atoms with Gasteiger partial charge in [0.2, 0.25) is 5.69 Å². The molecule has 0 bridgehead atoms. The second-order valence-electron chi connectivity index (χ2n) is 4.83. The summed E-state index contributed by atoms with van der Waals surface area (Å²) in [5.41, 5.74) is 0.0423. The van der Waals surface area contributed by atoms with Gasteiger partial charge in [-0.25, -0.2) is 9.24 Å². The lowest BCUT2D eigenvalue weighted by atomic mass is 10.1. The van der Waals surface area contributed by atoms with E-state index in [1.165, 1.54) is 44.5 Å². The minimum atomic E-state index is -0.511. The molecule has 0 spiro atoms. The van der Waals surface area contributed by atoms with E-state index in [0.717, 1.165) is 13.0 Å². The van der Waals surface area contributed by atoms with Crippen molar-refractivity contribution in [1.82, 2.24) is 4.90 Å². The van der Waals surface area contributed by atoms with Crippen LogP contribution in [0, 0.1) is 12.4 Å². The Hall–Kier alpha value is -1.60. The maximum Gasteiger partial charge on any atom is 0.222 e. The first-order valence-electron chi connectivity index (χ1n) is 6.82. The van der Waals surface area contributed by atoms with Crippen molar-refractivity contribution in [3.05, 3.63) is 35.4 Å². The van der Waals surface area contributed by atoms with E-state index < -0.39 is 5.82 Å². The normalized spacial score (nSPS) is 15.2. The average Bonchev–Trinajstić information content (AvgIpc) is 2.45. The molecule has 1 aromatic carbocycles. The molecule has 4 heteroatoms. The van der Waals surface area contributed by atoms with Gasteiger partial charge in [0.05, 0.1) is 13.2 Å². The van der Waals surface area contributed by atoms with Crippen molar-refractivity contribution in [1.29, 1.82) is 0 Å². The van der Waals surface area contributed by atoms with Crippen molar-refractivity contribution in [2.45, 2.75) is 33.1 Å². The van der Waals surface area contributed by atoms with E-state index in [1.54, 1.807) is 6.07 Å². The molecule has 0 radical (unpaired) electrons. The molecule has 1 saturated heterocycles. The Morgan fingerprint density at radius 1 is 1.25 bits per heavy atom. The SMILES string of the molecule is C.[C-]#[N+]c1ccc(OCCCN2CCCCC2)cc1F. The monoisotopic (exact) mass is 278 g/mol. The van der Waals surface area contributed by atoms with Gasteiger partial charge in [0.15, 0.2) is 0 Å². The summed E-state index contributed by atoms with van der Waals surface area (Å²) < 4.78 is 18.9. The molecule has 0 aliphatic carbocycles. The average molecular weight is 278 g/mol. The number of hydrogen-bond donors (Lipinski definition) is 0. The summed E-state index contributed by atoms with van der Waals surface area (Å²) in [6.45, 7) is 10.8. The first kappa shape index (κ1) is 16.5. The molecule has 0 unspecified atom stereocenters. The molecule has 1 aliphatic rings. The minimum Gasteiger partial charge on any atom is -0.494 e. The third kappa shape index (κ3) is 4.82. The number of likely N-dealkylation sites (tertiary alicyclic amines) is 1. The van der Waals surface area contributed by atoms with Gasteiger partial charge in [0, 0.05) is 12.6 Å². The quantitative estimate of drug-likeness (QED) is 0.591. The van der Waals surface area contributed by atoms with E-state index in [1.807, 2.05) is 0 Å². The fourth-order valence-corrected chi connectivity index (χ4v) is 2.33. The Morgan fingerprint density at radius 2 is 2.00 bits per heavy atom. The number of rotatable bonds is 5. The zero-order valence-electron chi connectivity index (χ0n) is 11.1. The van der Waals surface area contributed by atoms with Crippen LogP contribution in [0.5, 0.6) is 5.75 Å². The van der Waals surface area contributed by atoms with Gasteiger partial charge < -0.3 is 9.64 Å². The molecule has 1 heterocycles. The number of piperidine rings is 1. The standard InChI is InChI=1S/C15H19FN2O.CH4/c1-17-15-7-6-13(12-14(15)16)19-11-5-10-18-8-3-2-4-9-18;/h6-7,12H,2-5,8-11H2;1H4. The third-order valence-corrected chi connectivity index (χ3v) is 3.38. The van der Waals surface area contributed by atoms with E-state index in [2.05, 4.69) is 9.74 Å². The molecular weight excluding hydrogens is 255 g/mol. The highest BCUT2D eigenvalue weighted by Gasteiger charge is 2.09. The van der Waals surface area contributed by atoms with Crippen molar-refractivity contribution in [2.75, 3.05) is 26.2 Å². The Bertz CT molecular complexity index is 450. The van der Waals surface area contributed by atoms with Crippen LogP contribution < -0.4 is 4.74 Å². The maximum atomic E-state index is 13.3. The number of halogens is 1. The number of benzene rings is 1. The summed E-state index contributed by atoms with van der Waals surface area (Å²) >= 11 is 0. The van der Waals surface area contributed by atoms with Gasteiger partial charge in [-0.2, -0.15) is 0 Å². The Morgan fingerprint density at radius 3 is 2.65 bits per heavy atom. The predicted molar refractivity (Wildman–Crippen MR) is 79.8 cm³/mol. The highest BCUT2D eigenvalue weighted by atomic mass is 19.1. The fourth-order valence-electron chi connectivity index (χ4n) is 2.33. The zero-order valence-corrected chi connectivity index (χ0v) is 11.1. The van der Waals surface area contributed by atoms with Crippen molar-refractivity contribution in [3.63, 3.8) is 0 Å². The highest BCUT2D eigenvalue weighted by molar-refractivity contribution is 5.48. The van der Waals surface area contributed by atoms with E-state index in [-0.39, 0.29) is 13.1 Å². The van der Waals surface area contributed by atoms with Crippen LogP contribution in [0.1, 0.15) is 33.1 Å². The van der Waals surface area contributed by atoms with Crippen molar-refractivity contribution in [3.8, 4) is 5.75 Å². The van der Waals surface area contributed by atoms with E-state index >= 15 is 0 Å². The van der Waals surface area contributed by atoms with Crippen LogP contribution in [0.2, 0.25) is 0 Å². The molecule has 0 atom stereocenters. The summed E-state index contributed by atoms with van der Waals surface area (Å²) in [5, 5.41) is 0. The highest BCUT2D eigenvalue weighted by Crippen LogP contribution is 2.22. The van der Waals surface area contributed by atoms with Gasteiger partial charge in [0.1, 0.15) is 11.6 Å². The molecule has 3 nitrogen and oxygen atoms in total. The van der Waals surface area contributed by atoms with Crippen LogP contribution in [0.15, 0.2) is 18.2 Å². The second kappa shape index (κ2) is 8.55. The topological polar surface area (TPSA) is 16.8 Å². The van der Waals surface area contributed by atoms with Gasteiger partial charge >= 0.3 is 0 Å². The predicted octanol–water partition coefficient (Wildman–Crippen LogP) is 4.27. The molecule has 110 valence electrons. The van der Waals surface area contributed by atoms with Crippen LogP contribution in [0.4, 0.5) is 10.1 Å². The van der Waals surface area contributed by atoms with Crippen LogP contribution in [-0.2, 0) is 0 Å². The summed E-state index contributed by atoms with van der Waals surface area (Å²) in [4.78, 5) is 5.54. The van der Waals surface area contributed by atoms with Gasteiger partial charge in [-0.1, -0.05) is 13.8 Å². The minimum absolute atomic E-state index is 0. The molecule has 0 aromatic heterocycles. The Labute approximate surface area is 121 Å². The lowest BCUT2D eigenvalue weighted by Gasteiger charge is -2.26. The molecule has 1 aromatic rings. The lowest BCUT2D eigenvalue weighted by molar-refractivity contribution is 0.205. The summed E-state index contributed by atoms with van der Waals surface area (Å²) in [5.74, 6) is -0.00734. The maximum absolute atomic E-state index is 13.3. The first-order valence-corrected chi connectivity index (χ1v) is 6.82. The number of nitrogens with zero attached hydrogens (tertiary/aromatic N) is 2. The molecule has 20 heavy (non-hydrogen) atoms. The van der Waals surface area contributed by atoms with Crippen molar-refractivity contribution in [2.24, 2.45) is 0 Å². The Kier molecular flexibility index (Phi) is 7.03. The van der Waals surface area contributed by atoms with E-state index in [9.17, 15) is 4.39 Å². The molecule has 0 amide bonds. The van der Waals surface area contributed by atoms with E-state index in [0.29, 0.717) is 12.4 Å². The zero-order chi connectivity index (χ0) is 13.5. The van der Waals surface area contributed by atoms with Crippen LogP contribution in [0.25, 0.3) is 4.85 Å². The van der Waals surface area contributed by atoms with Crippen molar-refractivity contribution >= 4 is 5.69 Å². The van der Waals surface area contributed by atoms with Crippen LogP contribution in [-0.4, -0.2) is 31.1 Å². The van der Waals surface area contributed by atoms with Crippen molar-refractivity contribution < 1.29 is 9.13 Å². The summed E-state index contributed by atoms with van der Waals surface area (Å²) in [6, 6.07) is 4.40. The largest absolute Gasteiger partial charge is 0.494 e.